The first-order chi connectivity index (χ1) is 20.8. The standard InChI is InChI=1S/C32H36N8O3/c1-31(2)19-34-28(42)21-8-9-25(37-27(21)31)36-26-16-23(35-24(18-41)20-6-4-3-5-7-20)22(17-33-26)29-38-30(39-43-29)32-10-13-40(14-11-32)15-12-32/h3-9,16-17,24,41H,10-15,18-19H2,1-2H3,(H,34,42)(H2,33,35,36,37)/t24-/m1/s1. The number of hydrogen-bond donors (Lipinski definition) is 4. The molecule has 1 atom stereocenters. The maximum Gasteiger partial charge on any atom is 0.261 e. The molecule has 8 rings (SSSR count). The van der Waals surface area contributed by atoms with Crippen LogP contribution in [0.4, 0.5) is 17.3 Å². The van der Waals surface area contributed by atoms with Gasteiger partial charge in [-0.3, -0.25) is 4.79 Å². The number of aliphatic hydroxyl groups excluding tert-OH is 1. The van der Waals surface area contributed by atoms with Gasteiger partial charge in [0, 0.05) is 29.6 Å². The van der Waals surface area contributed by atoms with E-state index in [9.17, 15) is 9.90 Å². The summed E-state index contributed by atoms with van der Waals surface area (Å²) in [6, 6.07) is 14.9. The van der Waals surface area contributed by atoms with Gasteiger partial charge in [0.15, 0.2) is 5.82 Å². The lowest BCUT2D eigenvalue weighted by atomic mass is 9.71. The highest BCUT2D eigenvalue weighted by Crippen LogP contribution is 2.42. The molecule has 2 bridgehead atoms. The second-order valence-corrected chi connectivity index (χ2v) is 12.5. The van der Waals surface area contributed by atoms with Gasteiger partial charge in [-0.15, -0.1) is 0 Å². The second kappa shape index (κ2) is 10.7. The molecule has 3 aromatic heterocycles. The van der Waals surface area contributed by atoms with Crippen LogP contribution in [-0.2, 0) is 10.8 Å². The molecule has 4 N–H and O–H groups in total. The van der Waals surface area contributed by atoms with E-state index in [1.165, 1.54) is 0 Å². The maximum absolute atomic E-state index is 12.4. The first-order valence-electron chi connectivity index (χ1n) is 14.9. The molecular formula is C32H36N8O3. The average molecular weight is 581 g/mol. The fourth-order valence-electron chi connectivity index (χ4n) is 6.47. The fraction of sp³-hybridized carbons (Fsp3) is 0.406. The van der Waals surface area contributed by atoms with Gasteiger partial charge in [0.1, 0.15) is 11.6 Å². The topological polar surface area (TPSA) is 141 Å². The minimum absolute atomic E-state index is 0.0422. The zero-order valence-electron chi connectivity index (χ0n) is 24.4. The van der Waals surface area contributed by atoms with Crippen LogP contribution in [0, 0.1) is 0 Å². The van der Waals surface area contributed by atoms with E-state index < -0.39 is 0 Å². The molecule has 43 heavy (non-hydrogen) atoms. The number of hydrogen-bond acceptors (Lipinski definition) is 10. The number of rotatable bonds is 8. The third kappa shape index (κ3) is 5.12. The van der Waals surface area contributed by atoms with E-state index in [2.05, 4.69) is 44.8 Å². The third-order valence-corrected chi connectivity index (χ3v) is 9.20. The Bertz CT molecular complexity index is 1630. The molecule has 3 saturated heterocycles. The van der Waals surface area contributed by atoms with Crippen LogP contribution >= 0.6 is 0 Å². The number of amides is 1. The van der Waals surface area contributed by atoms with E-state index in [0.29, 0.717) is 40.9 Å². The van der Waals surface area contributed by atoms with E-state index in [0.717, 1.165) is 56.0 Å². The Morgan fingerprint density at radius 2 is 1.79 bits per heavy atom. The molecule has 4 aromatic rings. The molecular weight excluding hydrogens is 544 g/mol. The van der Waals surface area contributed by atoms with Gasteiger partial charge in [0.25, 0.3) is 11.8 Å². The highest BCUT2D eigenvalue weighted by Gasteiger charge is 2.44. The Kier molecular flexibility index (Phi) is 6.86. The summed E-state index contributed by atoms with van der Waals surface area (Å²) in [4.78, 5) is 29.3. The normalized spacial score (nSPS) is 22.9. The second-order valence-electron chi connectivity index (χ2n) is 12.5. The summed E-state index contributed by atoms with van der Waals surface area (Å²) in [7, 11) is 0. The van der Waals surface area contributed by atoms with Crippen LogP contribution in [-0.4, -0.2) is 68.8 Å². The smallest absolute Gasteiger partial charge is 0.261 e. The number of piperidine rings is 3. The van der Waals surface area contributed by atoms with Crippen molar-refractivity contribution in [2.75, 3.05) is 43.4 Å². The highest BCUT2D eigenvalue weighted by atomic mass is 16.5. The zero-order valence-corrected chi connectivity index (χ0v) is 24.4. The van der Waals surface area contributed by atoms with Gasteiger partial charge in [-0.2, -0.15) is 4.98 Å². The molecule has 222 valence electrons. The molecule has 0 radical (unpaired) electrons. The van der Waals surface area contributed by atoms with Crippen molar-refractivity contribution in [3.63, 3.8) is 0 Å². The Morgan fingerprint density at radius 1 is 1.02 bits per heavy atom. The van der Waals surface area contributed by atoms with Crippen molar-refractivity contribution >= 4 is 23.2 Å². The number of aliphatic hydroxyl groups is 1. The van der Waals surface area contributed by atoms with Gasteiger partial charge in [-0.25, -0.2) is 9.97 Å². The Balaban J connectivity index is 1.23. The van der Waals surface area contributed by atoms with Crippen molar-refractivity contribution in [1.29, 1.82) is 0 Å². The van der Waals surface area contributed by atoms with Crippen LogP contribution in [0.25, 0.3) is 11.5 Å². The van der Waals surface area contributed by atoms with Gasteiger partial charge in [-0.1, -0.05) is 49.3 Å². The average Bonchev–Trinajstić information content (AvgIpc) is 3.55. The van der Waals surface area contributed by atoms with Gasteiger partial charge < -0.3 is 30.5 Å². The highest BCUT2D eigenvalue weighted by molar-refractivity contribution is 5.97. The van der Waals surface area contributed by atoms with Gasteiger partial charge in [0.05, 0.1) is 35.2 Å². The lowest BCUT2D eigenvalue weighted by Crippen LogP contribution is -2.51. The first kappa shape index (κ1) is 27.5. The number of anilines is 3. The Hall–Kier alpha value is -4.35. The van der Waals surface area contributed by atoms with Crippen LogP contribution in [0.3, 0.4) is 0 Å². The number of pyridine rings is 2. The summed E-state index contributed by atoms with van der Waals surface area (Å²) in [6.45, 7) is 7.71. The van der Waals surface area contributed by atoms with Crippen molar-refractivity contribution in [2.24, 2.45) is 0 Å². The predicted octanol–water partition coefficient (Wildman–Crippen LogP) is 4.17. The van der Waals surface area contributed by atoms with E-state index in [1.807, 2.05) is 36.4 Å². The summed E-state index contributed by atoms with van der Waals surface area (Å²) >= 11 is 0. The maximum atomic E-state index is 12.4. The van der Waals surface area contributed by atoms with E-state index in [1.54, 1.807) is 18.3 Å². The Labute approximate surface area is 250 Å². The summed E-state index contributed by atoms with van der Waals surface area (Å²) in [5.74, 6) is 2.16. The van der Waals surface area contributed by atoms with E-state index in [-0.39, 0.29) is 29.4 Å². The Morgan fingerprint density at radius 3 is 2.53 bits per heavy atom. The van der Waals surface area contributed by atoms with E-state index >= 15 is 0 Å². The van der Waals surface area contributed by atoms with Gasteiger partial charge in [-0.05, 0) is 56.6 Å². The number of aromatic nitrogens is 4. The zero-order chi connectivity index (χ0) is 29.6. The van der Waals surface area contributed by atoms with Crippen LogP contribution in [0.5, 0.6) is 0 Å². The lowest BCUT2D eigenvalue weighted by Gasteiger charge is -2.46. The molecule has 0 unspecified atom stereocenters. The molecule has 11 nitrogen and oxygen atoms in total. The number of carbonyl (C=O) groups is 1. The summed E-state index contributed by atoms with van der Waals surface area (Å²) in [6.07, 6.45) is 4.80. The largest absolute Gasteiger partial charge is 0.394 e. The van der Waals surface area contributed by atoms with Crippen molar-refractivity contribution in [3.8, 4) is 11.5 Å². The van der Waals surface area contributed by atoms with Crippen molar-refractivity contribution in [2.45, 2.75) is 50.0 Å². The molecule has 3 fully saturated rings. The minimum atomic E-state index is -0.375. The first-order valence-corrected chi connectivity index (χ1v) is 14.9. The SMILES string of the molecule is CC1(C)CNC(=O)c2ccc(Nc3cc(N[C@H](CO)c4ccccc4)c(-c4nc(C56CCN(CC5)CC6)no4)cn3)nc21. The van der Waals surface area contributed by atoms with Crippen molar-refractivity contribution in [3.05, 3.63) is 77.4 Å². The van der Waals surface area contributed by atoms with E-state index in [4.69, 9.17) is 14.5 Å². The van der Waals surface area contributed by atoms with Crippen LogP contribution in [0.1, 0.15) is 66.6 Å². The fourth-order valence-corrected chi connectivity index (χ4v) is 6.47. The predicted molar refractivity (Wildman–Crippen MR) is 162 cm³/mol. The summed E-state index contributed by atoms with van der Waals surface area (Å²) in [5, 5.41) is 24.5. The number of carbonyl (C=O) groups excluding carboxylic acids is 1. The molecule has 11 heteroatoms. The number of nitrogens with one attached hydrogen (secondary N) is 3. The number of nitrogens with zero attached hydrogens (tertiary/aromatic N) is 5. The molecule has 0 aliphatic carbocycles. The molecule has 4 aliphatic heterocycles. The minimum Gasteiger partial charge on any atom is -0.394 e. The van der Waals surface area contributed by atoms with Crippen LogP contribution in [0.15, 0.2) is 59.3 Å². The quantitative estimate of drug-likeness (QED) is 0.240. The van der Waals surface area contributed by atoms with Gasteiger partial charge in [0.2, 0.25) is 0 Å². The van der Waals surface area contributed by atoms with Gasteiger partial charge >= 0.3 is 0 Å². The third-order valence-electron chi connectivity index (χ3n) is 9.20. The number of fused-ring (bicyclic) bond motifs is 4. The molecule has 1 aromatic carbocycles. The van der Waals surface area contributed by atoms with Crippen molar-refractivity contribution in [1.82, 2.24) is 30.3 Å². The monoisotopic (exact) mass is 580 g/mol. The van der Waals surface area contributed by atoms with Crippen molar-refractivity contribution < 1.29 is 14.4 Å². The van der Waals surface area contributed by atoms with Crippen LogP contribution in [0.2, 0.25) is 0 Å². The van der Waals surface area contributed by atoms with Crippen LogP contribution < -0.4 is 16.0 Å². The molecule has 1 amide bonds. The summed E-state index contributed by atoms with van der Waals surface area (Å²) < 4.78 is 5.88. The molecule has 7 heterocycles. The summed E-state index contributed by atoms with van der Waals surface area (Å²) in [5.41, 5.74) is 3.25. The molecule has 0 spiro atoms. The lowest BCUT2D eigenvalue weighted by molar-refractivity contribution is 0.0747. The molecule has 0 saturated carbocycles. The number of benzene rings is 1. The molecule has 4 aliphatic rings.